The Bertz CT molecular complexity index is 1020. The Morgan fingerprint density at radius 3 is 2.78 bits per heavy atom. The highest BCUT2D eigenvalue weighted by Crippen LogP contribution is 2.29. The fraction of sp³-hybridized carbons (Fsp3) is 0.286. The highest BCUT2D eigenvalue weighted by atomic mass is 16.2. The summed E-state index contributed by atoms with van der Waals surface area (Å²) in [6, 6.07) is 13.4. The largest absolute Gasteiger partial charge is 0.347 e. The van der Waals surface area contributed by atoms with Gasteiger partial charge in [0, 0.05) is 24.5 Å². The van der Waals surface area contributed by atoms with Crippen molar-refractivity contribution in [2.45, 2.75) is 32.7 Å². The number of pyridine rings is 1. The molecule has 2 amide bonds. The van der Waals surface area contributed by atoms with Crippen LogP contribution in [-0.4, -0.2) is 33.8 Å². The van der Waals surface area contributed by atoms with Gasteiger partial charge in [-0.15, -0.1) is 0 Å². The number of carbonyl (C=O) groups excluding carboxylic acids is 2. The molecule has 3 aromatic rings. The first-order valence-corrected chi connectivity index (χ1v) is 9.28. The molecule has 0 aliphatic carbocycles. The quantitative estimate of drug-likeness (QED) is 0.776. The third-order valence-electron chi connectivity index (χ3n) is 5.08. The van der Waals surface area contributed by atoms with Crippen LogP contribution in [-0.2, 0) is 6.42 Å². The van der Waals surface area contributed by atoms with Crippen LogP contribution in [0.3, 0.4) is 0 Å². The summed E-state index contributed by atoms with van der Waals surface area (Å²) in [7, 11) is 0. The summed E-state index contributed by atoms with van der Waals surface area (Å²) in [5.74, 6) is -0.209. The Morgan fingerprint density at radius 2 is 1.96 bits per heavy atom. The third-order valence-corrected chi connectivity index (χ3v) is 5.08. The molecule has 138 valence electrons. The molecule has 0 saturated heterocycles. The van der Waals surface area contributed by atoms with Crippen LogP contribution >= 0.6 is 0 Å². The number of rotatable bonds is 4. The van der Waals surface area contributed by atoms with E-state index in [0.29, 0.717) is 17.8 Å². The molecule has 0 spiro atoms. The van der Waals surface area contributed by atoms with Crippen molar-refractivity contribution >= 4 is 23.0 Å². The number of amides is 2. The first-order chi connectivity index (χ1) is 13.1. The molecule has 1 aliphatic rings. The molecule has 1 aromatic carbocycles. The second-order valence-corrected chi connectivity index (χ2v) is 6.86. The van der Waals surface area contributed by atoms with Crippen molar-refractivity contribution in [2.24, 2.45) is 0 Å². The number of para-hydroxylation sites is 1. The summed E-state index contributed by atoms with van der Waals surface area (Å²) in [5, 5.41) is 2.93. The molecular formula is C21H22N4O2. The van der Waals surface area contributed by atoms with Crippen molar-refractivity contribution in [3.63, 3.8) is 0 Å². The van der Waals surface area contributed by atoms with Crippen LogP contribution in [0.4, 0.5) is 5.69 Å². The highest BCUT2D eigenvalue weighted by molar-refractivity contribution is 6.11. The summed E-state index contributed by atoms with van der Waals surface area (Å²) in [6.45, 7) is 4.58. The summed E-state index contributed by atoms with van der Waals surface area (Å²) in [6.07, 6.45) is 3.42. The number of carbonyl (C=O) groups is 2. The second kappa shape index (κ2) is 6.87. The van der Waals surface area contributed by atoms with Crippen molar-refractivity contribution in [1.82, 2.24) is 14.7 Å². The summed E-state index contributed by atoms with van der Waals surface area (Å²) in [4.78, 5) is 32.1. The number of imidazole rings is 1. The summed E-state index contributed by atoms with van der Waals surface area (Å²) in [5.41, 5.74) is 3.03. The van der Waals surface area contributed by atoms with E-state index in [-0.39, 0.29) is 23.7 Å². The Labute approximate surface area is 157 Å². The first-order valence-electron chi connectivity index (χ1n) is 9.28. The maximum absolute atomic E-state index is 13.3. The van der Waals surface area contributed by atoms with Gasteiger partial charge in [0.2, 0.25) is 5.82 Å². The lowest BCUT2D eigenvalue weighted by atomic mass is 10.2. The number of aromatic nitrogens is 2. The number of anilines is 1. The second-order valence-electron chi connectivity index (χ2n) is 6.86. The van der Waals surface area contributed by atoms with Gasteiger partial charge >= 0.3 is 0 Å². The van der Waals surface area contributed by atoms with Crippen LogP contribution in [0.1, 0.15) is 46.9 Å². The normalized spacial score (nSPS) is 14.2. The van der Waals surface area contributed by atoms with Crippen LogP contribution in [0.25, 0.3) is 5.52 Å². The monoisotopic (exact) mass is 362 g/mol. The van der Waals surface area contributed by atoms with Crippen molar-refractivity contribution in [3.05, 3.63) is 65.7 Å². The standard InChI is InChI=1S/C21H22N4O2/c1-3-14(2)22-20(26)19-23-18(17-10-6-7-12-24(17)19)21(27)25-13-11-15-8-4-5-9-16(15)25/h4-10,12,14H,3,11,13H2,1-2H3,(H,22,26). The van der Waals surface area contributed by atoms with Crippen LogP contribution < -0.4 is 10.2 Å². The van der Waals surface area contributed by atoms with Gasteiger partial charge in [0.1, 0.15) is 0 Å². The SMILES string of the molecule is CCC(C)NC(=O)c1nc(C(=O)N2CCc3ccccc32)c2ccccn12. The maximum atomic E-state index is 13.3. The van der Waals surface area contributed by atoms with E-state index in [1.165, 1.54) is 0 Å². The van der Waals surface area contributed by atoms with Gasteiger partial charge in [0.25, 0.3) is 11.8 Å². The van der Waals surface area contributed by atoms with Gasteiger partial charge in [0.05, 0.1) is 5.52 Å². The van der Waals surface area contributed by atoms with Gasteiger partial charge < -0.3 is 10.2 Å². The summed E-state index contributed by atoms with van der Waals surface area (Å²) < 4.78 is 1.69. The molecule has 6 heteroatoms. The molecule has 1 unspecified atom stereocenters. The fourth-order valence-electron chi connectivity index (χ4n) is 3.42. The molecule has 0 bridgehead atoms. The minimum atomic E-state index is -0.272. The molecule has 0 fully saturated rings. The minimum absolute atomic E-state index is 0.0400. The number of hydrogen-bond acceptors (Lipinski definition) is 3. The van der Waals surface area contributed by atoms with E-state index in [1.807, 2.05) is 56.3 Å². The van der Waals surface area contributed by atoms with Gasteiger partial charge in [0.15, 0.2) is 5.69 Å². The Hall–Kier alpha value is -3.15. The maximum Gasteiger partial charge on any atom is 0.287 e. The average Bonchev–Trinajstić information content (AvgIpc) is 3.29. The van der Waals surface area contributed by atoms with E-state index in [2.05, 4.69) is 10.3 Å². The zero-order valence-corrected chi connectivity index (χ0v) is 15.5. The predicted molar refractivity (Wildman–Crippen MR) is 104 cm³/mol. The van der Waals surface area contributed by atoms with Crippen LogP contribution in [0.5, 0.6) is 0 Å². The Morgan fingerprint density at radius 1 is 1.19 bits per heavy atom. The number of nitrogens with one attached hydrogen (secondary N) is 1. The van der Waals surface area contributed by atoms with E-state index < -0.39 is 0 Å². The van der Waals surface area contributed by atoms with E-state index >= 15 is 0 Å². The Kier molecular flexibility index (Phi) is 4.39. The predicted octanol–water partition coefficient (Wildman–Crippen LogP) is 3.07. The number of benzene rings is 1. The fourth-order valence-corrected chi connectivity index (χ4v) is 3.42. The van der Waals surface area contributed by atoms with Gasteiger partial charge in [-0.3, -0.25) is 14.0 Å². The zero-order valence-electron chi connectivity index (χ0n) is 15.5. The molecule has 0 radical (unpaired) electrons. The number of hydrogen-bond donors (Lipinski definition) is 1. The smallest absolute Gasteiger partial charge is 0.287 e. The average molecular weight is 362 g/mol. The molecule has 0 saturated carbocycles. The topological polar surface area (TPSA) is 66.7 Å². The molecule has 4 rings (SSSR count). The highest BCUT2D eigenvalue weighted by Gasteiger charge is 2.29. The summed E-state index contributed by atoms with van der Waals surface area (Å²) >= 11 is 0. The van der Waals surface area contributed by atoms with E-state index in [1.54, 1.807) is 15.5 Å². The molecule has 1 aliphatic heterocycles. The molecule has 6 nitrogen and oxygen atoms in total. The zero-order chi connectivity index (χ0) is 19.0. The number of nitrogens with zero attached hydrogens (tertiary/aromatic N) is 3. The van der Waals surface area contributed by atoms with Crippen molar-refractivity contribution in [2.75, 3.05) is 11.4 Å². The van der Waals surface area contributed by atoms with Gasteiger partial charge in [-0.1, -0.05) is 31.2 Å². The lowest BCUT2D eigenvalue weighted by Gasteiger charge is -2.16. The van der Waals surface area contributed by atoms with Gasteiger partial charge in [-0.2, -0.15) is 0 Å². The van der Waals surface area contributed by atoms with Crippen LogP contribution in [0.2, 0.25) is 0 Å². The molecule has 2 aromatic heterocycles. The lowest BCUT2D eigenvalue weighted by Crippen LogP contribution is -2.33. The Balaban J connectivity index is 1.75. The van der Waals surface area contributed by atoms with E-state index in [9.17, 15) is 9.59 Å². The van der Waals surface area contributed by atoms with E-state index in [4.69, 9.17) is 0 Å². The lowest BCUT2D eigenvalue weighted by molar-refractivity contribution is 0.0928. The molecule has 1 N–H and O–H groups in total. The third kappa shape index (κ3) is 2.97. The van der Waals surface area contributed by atoms with Crippen LogP contribution in [0, 0.1) is 0 Å². The number of fused-ring (bicyclic) bond motifs is 2. The first kappa shape index (κ1) is 17.3. The van der Waals surface area contributed by atoms with Gasteiger partial charge in [-0.25, -0.2) is 4.98 Å². The molecule has 3 heterocycles. The minimum Gasteiger partial charge on any atom is -0.347 e. The van der Waals surface area contributed by atoms with Crippen molar-refractivity contribution in [3.8, 4) is 0 Å². The van der Waals surface area contributed by atoms with Crippen LogP contribution in [0.15, 0.2) is 48.7 Å². The van der Waals surface area contributed by atoms with Crippen molar-refractivity contribution < 1.29 is 9.59 Å². The van der Waals surface area contributed by atoms with E-state index in [0.717, 1.165) is 24.1 Å². The molecule has 27 heavy (non-hydrogen) atoms. The van der Waals surface area contributed by atoms with Crippen molar-refractivity contribution in [1.29, 1.82) is 0 Å². The molecule has 1 atom stereocenters. The molecular weight excluding hydrogens is 340 g/mol. The van der Waals surface area contributed by atoms with Gasteiger partial charge in [-0.05, 0) is 43.5 Å².